The molecule has 0 amide bonds. The first-order valence-corrected chi connectivity index (χ1v) is 8.50. The number of nitrogens with one attached hydrogen (secondary N) is 1. The van der Waals surface area contributed by atoms with Gasteiger partial charge in [0.05, 0.1) is 16.9 Å². The Labute approximate surface area is 138 Å². The minimum atomic E-state index is -4.01. The topological polar surface area (TPSA) is 126 Å². The molecule has 5 N–H and O–H groups in total. The van der Waals surface area contributed by atoms with Gasteiger partial charge in [0.15, 0.2) is 6.29 Å². The van der Waals surface area contributed by atoms with E-state index in [2.05, 4.69) is 9.71 Å². The van der Waals surface area contributed by atoms with Crippen LogP contribution in [-0.4, -0.2) is 23.6 Å². The van der Waals surface area contributed by atoms with Crippen LogP contribution in [0, 0.1) is 0 Å². The van der Waals surface area contributed by atoms with Crippen molar-refractivity contribution < 1.29 is 18.6 Å². The summed E-state index contributed by atoms with van der Waals surface area (Å²) in [6.45, 7) is 0. The number of rotatable bonds is 4. The van der Waals surface area contributed by atoms with E-state index < -0.39 is 16.3 Å². The minimum Gasteiger partial charge on any atom is -0.398 e. The van der Waals surface area contributed by atoms with Crippen LogP contribution in [0.4, 0.5) is 11.4 Å². The molecule has 0 radical (unpaired) electrons. The van der Waals surface area contributed by atoms with E-state index in [1.54, 1.807) is 36.4 Å². The molecule has 0 spiro atoms. The number of hydrogen-bond acceptors (Lipinski definition) is 6. The van der Waals surface area contributed by atoms with Gasteiger partial charge in [-0.2, -0.15) is 0 Å². The predicted octanol–water partition coefficient (Wildman–Crippen LogP) is 1.60. The quantitative estimate of drug-likeness (QED) is 0.420. The molecule has 3 aromatic rings. The number of sulfonamides is 1. The fraction of sp³-hybridized carbons (Fsp3) is 0.0625. The standard InChI is InChI=1S/C16H15N3O4S/c17-11-6-2-4-8-14(11)24(22,23)19-13-9-10-5-1-3-7-12(10)18-15(13)16(20)21/h1-9,16,19-21H,17H2. The average molecular weight is 345 g/mol. The van der Waals surface area contributed by atoms with Crippen LogP contribution < -0.4 is 10.5 Å². The predicted molar refractivity (Wildman–Crippen MR) is 90.6 cm³/mol. The second kappa shape index (κ2) is 6.08. The summed E-state index contributed by atoms with van der Waals surface area (Å²) in [5.74, 6) is 0. The second-order valence-corrected chi connectivity index (χ2v) is 6.78. The number of para-hydroxylation sites is 2. The second-order valence-electron chi connectivity index (χ2n) is 5.13. The van der Waals surface area contributed by atoms with Crippen molar-refractivity contribution in [3.8, 4) is 0 Å². The molecule has 124 valence electrons. The van der Waals surface area contributed by atoms with Crippen molar-refractivity contribution in [3.05, 3.63) is 60.3 Å². The number of benzene rings is 2. The molecule has 0 aliphatic rings. The fourth-order valence-corrected chi connectivity index (χ4v) is 3.53. The first kappa shape index (κ1) is 16.2. The fourth-order valence-electron chi connectivity index (χ4n) is 2.33. The Morgan fingerprint density at radius 2 is 1.71 bits per heavy atom. The van der Waals surface area contributed by atoms with E-state index in [1.165, 1.54) is 18.2 Å². The smallest absolute Gasteiger partial charge is 0.264 e. The highest BCUT2D eigenvalue weighted by atomic mass is 32.2. The number of anilines is 2. The number of aromatic nitrogens is 1. The van der Waals surface area contributed by atoms with E-state index >= 15 is 0 Å². The molecule has 2 aromatic carbocycles. The number of nitrogens with two attached hydrogens (primary N) is 1. The maximum atomic E-state index is 12.6. The van der Waals surface area contributed by atoms with Crippen LogP contribution in [0.15, 0.2) is 59.5 Å². The molecule has 1 aromatic heterocycles. The Hall–Kier alpha value is -2.68. The van der Waals surface area contributed by atoms with Gasteiger partial charge < -0.3 is 15.9 Å². The van der Waals surface area contributed by atoms with E-state index in [4.69, 9.17) is 5.73 Å². The molecular weight excluding hydrogens is 330 g/mol. The highest BCUT2D eigenvalue weighted by Gasteiger charge is 2.21. The largest absolute Gasteiger partial charge is 0.398 e. The van der Waals surface area contributed by atoms with Gasteiger partial charge >= 0.3 is 0 Å². The van der Waals surface area contributed by atoms with Crippen molar-refractivity contribution in [2.24, 2.45) is 0 Å². The number of nitrogen functional groups attached to an aromatic ring is 1. The van der Waals surface area contributed by atoms with Crippen molar-refractivity contribution in [2.45, 2.75) is 11.2 Å². The summed E-state index contributed by atoms with van der Waals surface area (Å²) in [7, 11) is -4.01. The average Bonchev–Trinajstić information content (AvgIpc) is 2.54. The molecule has 0 saturated carbocycles. The van der Waals surface area contributed by atoms with E-state index in [1.807, 2.05) is 0 Å². The van der Waals surface area contributed by atoms with Crippen LogP contribution in [0.2, 0.25) is 0 Å². The summed E-state index contributed by atoms with van der Waals surface area (Å²) in [6.07, 6.45) is -1.93. The summed E-state index contributed by atoms with van der Waals surface area (Å²) < 4.78 is 27.4. The summed E-state index contributed by atoms with van der Waals surface area (Å²) in [4.78, 5) is 4.02. The number of aliphatic hydroxyl groups excluding tert-OH is 1. The van der Waals surface area contributed by atoms with E-state index in [9.17, 15) is 18.6 Å². The molecule has 8 heteroatoms. The Morgan fingerprint density at radius 1 is 1.04 bits per heavy atom. The summed E-state index contributed by atoms with van der Waals surface area (Å²) in [6, 6.07) is 14.4. The van der Waals surface area contributed by atoms with Gasteiger partial charge in [-0.05, 0) is 24.3 Å². The monoisotopic (exact) mass is 345 g/mol. The maximum absolute atomic E-state index is 12.6. The van der Waals surface area contributed by atoms with E-state index in [-0.39, 0.29) is 22.0 Å². The first-order valence-electron chi connectivity index (χ1n) is 7.01. The van der Waals surface area contributed by atoms with Crippen molar-refractivity contribution >= 4 is 32.3 Å². The third-order valence-corrected chi connectivity index (χ3v) is 4.89. The van der Waals surface area contributed by atoms with Crippen LogP contribution in [0.1, 0.15) is 12.0 Å². The molecule has 24 heavy (non-hydrogen) atoms. The van der Waals surface area contributed by atoms with Crippen LogP contribution in [0.5, 0.6) is 0 Å². The highest BCUT2D eigenvalue weighted by molar-refractivity contribution is 7.92. The molecule has 7 nitrogen and oxygen atoms in total. The molecule has 0 unspecified atom stereocenters. The SMILES string of the molecule is Nc1ccccc1S(=O)(=O)Nc1cc2ccccc2nc1C(O)O. The zero-order chi connectivity index (χ0) is 17.3. The van der Waals surface area contributed by atoms with Crippen molar-refractivity contribution in [1.29, 1.82) is 0 Å². The number of pyridine rings is 1. The van der Waals surface area contributed by atoms with E-state index in [0.717, 1.165) is 0 Å². The van der Waals surface area contributed by atoms with Gasteiger partial charge in [0.1, 0.15) is 10.6 Å². The van der Waals surface area contributed by atoms with Gasteiger partial charge in [0.25, 0.3) is 10.0 Å². The normalized spacial score (nSPS) is 11.8. The van der Waals surface area contributed by atoms with Crippen LogP contribution in [0.25, 0.3) is 10.9 Å². The molecule has 0 bridgehead atoms. The molecule has 1 heterocycles. The molecular formula is C16H15N3O4S. The molecule has 0 saturated heterocycles. The molecule has 3 rings (SSSR count). The molecule has 0 fully saturated rings. The summed E-state index contributed by atoms with van der Waals surface area (Å²) in [5, 5.41) is 19.7. The summed E-state index contributed by atoms with van der Waals surface area (Å²) >= 11 is 0. The number of hydrogen-bond donors (Lipinski definition) is 4. The third-order valence-electron chi connectivity index (χ3n) is 3.45. The van der Waals surface area contributed by atoms with Gasteiger partial charge in [-0.25, -0.2) is 13.4 Å². The summed E-state index contributed by atoms with van der Waals surface area (Å²) in [5.41, 5.74) is 6.11. The number of fused-ring (bicyclic) bond motifs is 1. The Bertz CT molecular complexity index is 1000. The van der Waals surface area contributed by atoms with Crippen molar-refractivity contribution in [1.82, 2.24) is 4.98 Å². The van der Waals surface area contributed by atoms with Gasteiger partial charge in [0.2, 0.25) is 0 Å². The minimum absolute atomic E-state index is 0.0213. The lowest BCUT2D eigenvalue weighted by Gasteiger charge is -2.15. The lowest BCUT2D eigenvalue weighted by atomic mass is 10.2. The molecule has 0 atom stereocenters. The maximum Gasteiger partial charge on any atom is 0.264 e. The third kappa shape index (κ3) is 3.02. The number of aliphatic hydroxyl groups is 2. The van der Waals surface area contributed by atoms with E-state index in [0.29, 0.717) is 10.9 Å². The Balaban J connectivity index is 2.12. The van der Waals surface area contributed by atoms with Crippen molar-refractivity contribution in [3.63, 3.8) is 0 Å². The van der Waals surface area contributed by atoms with Crippen molar-refractivity contribution in [2.75, 3.05) is 10.5 Å². The van der Waals surface area contributed by atoms with Crippen LogP contribution in [-0.2, 0) is 10.0 Å². The zero-order valence-corrected chi connectivity index (χ0v) is 13.2. The van der Waals surface area contributed by atoms with Crippen LogP contribution >= 0.6 is 0 Å². The van der Waals surface area contributed by atoms with Gasteiger partial charge in [0, 0.05) is 5.39 Å². The first-order chi connectivity index (χ1) is 11.4. The molecule has 0 aliphatic carbocycles. The van der Waals surface area contributed by atoms with Gasteiger partial charge in [-0.15, -0.1) is 0 Å². The Kier molecular flexibility index (Phi) is 4.10. The van der Waals surface area contributed by atoms with Gasteiger partial charge in [-0.1, -0.05) is 30.3 Å². The number of nitrogens with zero attached hydrogens (tertiary/aromatic N) is 1. The van der Waals surface area contributed by atoms with Gasteiger partial charge in [-0.3, -0.25) is 4.72 Å². The highest BCUT2D eigenvalue weighted by Crippen LogP contribution is 2.28. The van der Waals surface area contributed by atoms with Crippen LogP contribution in [0.3, 0.4) is 0 Å². The Morgan fingerprint density at radius 3 is 2.42 bits per heavy atom. The zero-order valence-electron chi connectivity index (χ0n) is 12.4. The lowest BCUT2D eigenvalue weighted by Crippen LogP contribution is -2.17. The lowest BCUT2D eigenvalue weighted by molar-refractivity contribution is -0.0449. The molecule has 0 aliphatic heterocycles.